The SMILES string of the molecule is CCOC1CC(NC(=O)C(C)(N)c2ccccc2)C12CCCC2. The largest absolute Gasteiger partial charge is 0.378 e. The van der Waals surface area contributed by atoms with Crippen molar-refractivity contribution < 1.29 is 9.53 Å². The van der Waals surface area contributed by atoms with Gasteiger partial charge in [0.25, 0.3) is 0 Å². The summed E-state index contributed by atoms with van der Waals surface area (Å²) in [5.41, 5.74) is 6.33. The summed E-state index contributed by atoms with van der Waals surface area (Å²) in [4.78, 5) is 12.8. The molecule has 0 radical (unpaired) electrons. The number of benzene rings is 1. The number of carbonyl (C=O) groups is 1. The Labute approximate surface area is 138 Å². The van der Waals surface area contributed by atoms with Gasteiger partial charge in [0.15, 0.2) is 0 Å². The average Bonchev–Trinajstić information content (AvgIpc) is 3.07. The molecule has 1 amide bonds. The summed E-state index contributed by atoms with van der Waals surface area (Å²) in [7, 11) is 0. The van der Waals surface area contributed by atoms with Crippen LogP contribution >= 0.6 is 0 Å². The fourth-order valence-electron chi connectivity index (χ4n) is 4.31. The molecule has 4 heteroatoms. The lowest BCUT2D eigenvalue weighted by molar-refractivity contribution is -0.147. The molecule has 2 aliphatic carbocycles. The van der Waals surface area contributed by atoms with Crippen molar-refractivity contribution in [3.63, 3.8) is 0 Å². The van der Waals surface area contributed by atoms with Crippen LogP contribution in [0.15, 0.2) is 30.3 Å². The Morgan fingerprint density at radius 3 is 2.61 bits per heavy atom. The van der Waals surface area contributed by atoms with Gasteiger partial charge in [-0.3, -0.25) is 4.79 Å². The van der Waals surface area contributed by atoms with Crippen LogP contribution in [0, 0.1) is 5.41 Å². The first-order valence-electron chi connectivity index (χ1n) is 8.77. The molecule has 23 heavy (non-hydrogen) atoms. The van der Waals surface area contributed by atoms with Crippen LogP contribution in [0.3, 0.4) is 0 Å². The zero-order valence-corrected chi connectivity index (χ0v) is 14.2. The van der Waals surface area contributed by atoms with Crippen LogP contribution in [-0.4, -0.2) is 24.7 Å². The molecule has 0 bridgehead atoms. The summed E-state index contributed by atoms with van der Waals surface area (Å²) in [6.45, 7) is 4.57. The van der Waals surface area contributed by atoms with Gasteiger partial charge in [-0.05, 0) is 38.7 Å². The molecule has 0 heterocycles. The molecule has 4 nitrogen and oxygen atoms in total. The van der Waals surface area contributed by atoms with Crippen LogP contribution in [-0.2, 0) is 15.1 Å². The van der Waals surface area contributed by atoms with Crippen LogP contribution in [0.25, 0.3) is 0 Å². The molecule has 1 aromatic carbocycles. The Balaban J connectivity index is 1.71. The Morgan fingerprint density at radius 1 is 1.35 bits per heavy atom. The van der Waals surface area contributed by atoms with Gasteiger partial charge in [-0.1, -0.05) is 43.2 Å². The molecule has 0 saturated heterocycles. The molecule has 3 rings (SSSR count). The first-order valence-corrected chi connectivity index (χ1v) is 8.77. The van der Waals surface area contributed by atoms with Crippen molar-refractivity contribution >= 4 is 5.91 Å². The number of amides is 1. The maximum Gasteiger partial charge on any atom is 0.244 e. The fraction of sp³-hybridized carbons (Fsp3) is 0.632. The molecule has 3 N–H and O–H groups in total. The van der Waals surface area contributed by atoms with Gasteiger partial charge in [-0.2, -0.15) is 0 Å². The minimum atomic E-state index is -1.00. The van der Waals surface area contributed by atoms with E-state index in [0.717, 1.165) is 31.4 Å². The molecule has 1 spiro atoms. The lowest BCUT2D eigenvalue weighted by atomic mass is 9.60. The van der Waals surface area contributed by atoms with Gasteiger partial charge < -0.3 is 15.8 Å². The summed E-state index contributed by atoms with van der Waals surface area (Å²) < 4.78 is 5.92. The van der Waals surface area contributed by atoms with E-state index in [-0.39, 0.29) is 17.4 Å². The topological polar surface area (TPSA) is 64.3 Å². The molecule has 3 unspecified atom stereocenters. The number of nitrogens with one attached hydrogen (secondary N) is 1. The van der Waals surface area contributed by atoms with Gasteiger partial charge in [-0.15, -0.1) is 0 Å². The van der Waals surface area contributed by atoms with Crippen molar-refractivity contribution in [2.45, 2.75) is 63.6 Å². The summed E-state index contributed by atoms with van der Waals surface area (Å²) >= 11 is 0. The van der Waals surface area contributed by atoms with Gasteiger partial charge in [0.2, 0.25) is 5.91 Å². The first-order chi connectivity index (χ1) is 11.0. The third kappa shape index (κ3) is 2.79. The standard InChI is InChI=1S/C19H28N2O2/c1-3-23-16-13-15(19(16)11-7-8-12-19)21-17(22)18(2,20)14-9-5-4-6-10-14/h4-6,9-10,15-16H,3,7-8,11-13,20H2,1-2H3,(H,21,22). The van der Waals surface area contributed by atoms with Crippen LogP contribution < -0.4 is 11.1 Å². The smallest absolute Gasteiger partial charge is 0.244 e. The number of hydrogen-bond donors (Lipinski definition) is 2. The molecule has 0 aromatic heterocycles. The van der Waals surface area contributed by atoms with E-state index in [2.05, 4.69) is 5.32 Å². The third-order valence-corrected chi connectivity index (χ3v) is 5.84. The highest BCUT2D eigenvalue weighted by Crippen LogP contribution is 2.54. The van der Waals surface area contributed by atoms with E-state index in [4.69, 9.17) is 10.5 Å². The van der Waals surface area contributed by atoms with Crippen LogP contribution in [0.5, 0.6) is 0 Å². The zero-order chi connectivity index (χ0) is 16.5. The number of ether oxygens (including phenoxy) is 1. The predicted octanol–water partition coefficient (Wildman–Crippen LogP) is 2.71. The molecule has 1 aromatic rings. The second-order valence-corrected chi connectivity index (χ2v) is 7.21. The van der Waals surface area contributed by atoms with E-state index >= 15 is 0 Å². The monoisotopic (exact) mass is 316 g/mol. The molecule has 2 aliphatic rings. The summed E-state index contributed by atoms with van der Waals surface area (Å²) in [5, 5.41) is 3.23. The highest BCUT2D eigenvalue weighted by Gasteiger charge is 2.57. The maximum absolute atomic E-state index is 12.8. The molecule has 126 valence electrons. The molecular formula is C19H28N2O2. The van der Waals surface area contributed by atoms with E-state index in [9.17, 15) is 4.79 Å². The van der Waals surface area contributed by atoms with Crippen molar-refractivity contribution in [3.05, 3.63) is 35.9 Å². The summed E-state index contributed by atoms with van der Waals surface area (Å²) in [6.07, 6.45) is 5.96. The van der Waals surface area contributed by atoms with Gasteiger partial charge in [-0.25, -0.2) is 0 Å². The van der Waals surface area contributed by atoms with Crippen molar-refractivity contribution in [2.75, 3.05) is 6.61 Å². The van der Waals surface area contributed by atoms with E-state index in [0.29, 0.717) is 6.10 Å². The van der Waals surface area contributed by atoms with E-state index < -0.39 is 5.54 Å². The van der Waals surface area contributed by atoms with Gasteiger partial charge in [0, 0.05) is 18.1 Å². The van der Waals surface area contributed by atoms with Crippen molar-refractivity contribution in [2.24, 2.45) is 11.1 Å². The minimum absolute atomic E-state index is 0.0880. The second kappa shape index (κ2) is 6.25. The molecule has 2 fully saturated rings. The molecular weight excluding hydrogens is 288 g/mol. The highest BCUT2D eigenvalue weighted by atomic mass is 16.5. The first kappa shape index (κ1) is 16.5. The number of hydrogen-bond acceptors (Lipinski definition) is 3. The Morgan fingerprint density at radius 2 is 2.00 bits per heavy atom. The quantitative estimate of drug-likeness (QED) is 0.878. The Hall–Kier alpha value is -1.39. The van der Waals surface area contributed by atoms with Crippen molar-refractivity contribution in [1.29, 1.82) is 0 Å². The molecule has 2 saturated carbocycles. The van der Waals surface area contributed by atoms with Crippen molar-refractivity contribution in [1.82, 2.24) is 5.32 Å². The highest BCUT2D eigenvalue weighted by molar-refractivity contribution is 5.87. The van der Waals surface area contributed by atoms with Gasteiger partial charge in [0.1, 0.15) is 5.54 Å². The number of nitrogens with two attached hydrogens (primary N) is 1. The van der Waals surface area contributed by atoms with E-state index in [1.54, 1.807) is 6.92 Å². The second-order valence-electron chi connectivity index (χ2n) is 7.21. The normalized spacial score (nSPS) is 28.1. The zero-order valence-electron chi connectivity index (χ0n) is 14.2. The summed E-state index contributed by atoms with van der Waals surface area (Å²) in [5.74, 6) is -0.0880. The maximum atomic E-state index is 12.8. The lowest BCUT2D eigenvalue weighted by Gasteiger charge is -2.54. The molecule has 0 aliphatic heterocycles. The summed E-state index contributed by atoms with van der Waals surface area (Å²) in [6, 6.07) is 9.79. The van der Waals surface area contributed by atoms with E-state index in [1.807, 2.05) is 37.3 Å². The van der Waals surface area contributed by atoms with Gasteiger partial charge >= 0.3 is 0 Å². The Kier molecular flexibility index (Phi) is 4.47. The Bertz CT molecular complexity index is 550. The predicted molar refractivity (Wildman–Crippen MR) is 90.8 cm³/mol. The molecule has 3 atom stereocenters. The van der Waals surface area contributed by atoms with Crippen LogP contribution in [0.1, 0.15) is 51.5 Å². The minimum Gasteiger partial charge on any atom is -0.378 e. The number of carbonyl (C=O) groups excluding carboxylic acids is 1. The van der Waals surface area contributed by atoms with E-state index in [1.165, 1.54) is 12.8 Å². The lowest BCUT2D eigenvalue weighted by Crippen LogP contribution is -2.66. The van der Waals surface area contributed by atoms with Crippen LogP contribution in [0.2, 0.25) is 0 Å². The number of rotatable bonds is 5. The average molecular weight is 316 g/mol. The third-order valence-electron chi connectivity index (χ3n) is 5.84. The van der Waals surface area contributed by atoms with Gasteiger partial charge in [0.05, 0.1) is 6.10 Å². The fourth-order valence-corrected chi connectivity index (χ4v) is 4.31. The van der Waals surface area contributed by atoms with Crippen molar-refractivity contribution in [3.8, 4) is 0 Å². The van der Waals surface area contributed by atoms with Crippen LogP contribution in [0.4, 0.5) is 0 Å².